The number of nitrogens with zero attached hydrogens (tertiary/aromatic N) is 8. The van der Waals surface area contributed by atoms with Crippen LogP contribution in [0.2, 0.25) is 0 Å². The van der Waals surface area contributed by atoms with Crippen LogP contribution < -0.4 is 20.1 Å². The summed E-state index contributed by atoms with van der Waals surface area (Å²) < 4.78 is 125. The molecule has 2 saturated heterocycles. The van der Waals surface area contributed by atoms with E-state index in [1.54, 1.807) is 97.6 Å². The summed E-state index contributed by atoms with van der Waals surface area (Å²) >= 11 is 0. The molecule has 127 heavy (non-hydrogen) atoms. The van der Waals surface area contributed by atoms with E-state index in [4.69, 9.17) is 89.4 Å². The zero-order valence-electron chi connectivity index (χ0n) is 71.4. The third-order valence-corrected chi connectivity index (χ3v) is 23.8. The van der Waals surface area contributed by atoms with E-state index < -0.39 is 121 Å². The molecule has 7 aromatic carbocycles. The second-order valence-corrected chi connectivity index (χ2v) is 32.6. The Hall–Kier alpha value is -11.4. The lowest BCUT2D eigenvalue weighted by Gasteiger charge is -2.44. The van der Waals surface area contributed by atoms with Crippen molar-refractivity contribution in [1.29, 1.82) is 15.8 Å². The number of ether oxygens (including phenoxy) is 12. The summed E-state index contributed by atoms with van der Waals surface area (Å²) in [4.78, 5) is 83.4. The Labute approximate surface area is 738 Å². The van der Waals surface area contributed by atoms with Gasteiger partial charge in [-0.05, 0) is 136 Å². The number of hydrogen-bond acceptors (Lipinski definition) is 30. The quantitative estimate of drug-likeness (QED) is 0.00893. The minimum atomic E-state index is -4.61. The number of hydrogen-bond donors (Lipinski definition) is 2. The van der Waals surface area contributed by atoms with Crippen LogP contribution in [0, 0.1) is 34.0 Å². The second kappa shape index (κ2) is 49.7. The van der Waals surface area contributed by atoms with Crippen molar-refractivity contribution >= 4 is 63.1 Å². The van der Waals surface area contributed by atoms with Gasteiger partial charge in [0.05, 0.1) is 121 Å². The molecule has 0 radical (unpaired) electrons. The molecule has 0 saturated carbocycles. The van der Waals surface area contributed by atoms with Crippen LogP contribution in [0.4, 0.5) is 5.82 Å². The molecular formula is C92H104N10O23P2. The summed E-state index contributed by atoms with van der Waals surface area (Å²) in [5, 5.41) is 34.2. The number of fused-ring (bicyclic) bond motifs is 1. The van der Waals surface area contributed by atoms with Gasteiger partial charge in [-0.15, -0.1) is 0 Å². The first kappa shape index (κ1) is 96.3. The van der Waals surface area contributed by atoms with E-state index in [2.05, 4.69) is 26.4 Å². The number of aromatic nitrogens is 4. The standard InChI is InChI=1S/C92H104N10O23P2/c1-64(2)102(65(3)4)126(116-54-25-48-93)125-80-75(59-115-92(70-37-21-11-22-38-70,71-40-44-73(109-5)45-41-71)72-42-46-74(110-6)47-43-72)120-87(101-62-99-78-84(97-61-98-85(78)101)100-86(104)66-29-13-7-14-30-66)82(80)114-63-112-58-57-111-52-28-51-96-77(103)39-23-12-24-53-113-91-83(124-90(107)69-35-19-10-20-36-69)81(123-89(106)68-33-17-9-18-34-68)79(122-88(105)67-31-15-8-16-32-67)76(121-91)60-119-127(108,117-55-26-49-94)118-56-27-50-95/h7-11,13-22,29-38,40-47,61-62,64-65,75-76,79-83,87,91H,12,23-28,39,51-60,63H2,1-6H3,(H,96,103)(H,97,98,100,104)/t75?,76-,79-,80-,81?,82-,83?,87?,91+,126?/m1/s1. The molecule has 9 aromatic rings. The molecule has 2 N–H and O–H groups in total. The molecule has 0 aliphatic carbocycles. The van der Waals surface area contributed by atoms with Gasteiger partial charge in [0.1, 0.15) is 54.6 Å². The lowest BCUT2D eigenvalue weighted by molar-refractivity contribution is -0.298. The molecule has 2 aliphatic heterocycles. The number of unbranched alkanes of at least 4 members (excludes halogenated alkanes) is 2. The number of carbonyl (C=O) groups is 5. The molecule has 33 nitrogen and oxygen atoms in total. The number of carbonyl (C=O) groups excluding carboxylic acids is 5. The van der Waals surface area contributed by atoms with Crippen molar-refractivity contribution in [2.24, 2.45) is 0 Å². The van der Waals surface area contributed by atoms with E-state index >= 15 is 0 Å². The summed E-state index contributed by atoms with van der Waals surface area (Å²) in [6, 6.07) is 63.2. The SMILES string of the molecule is COc1ccc(C(OCC2OC(n3cnc4c(NC(=O)c5ccccc5)ncnc43)[C@H](OCOCCOCCCNC(=O)CCCCCO[C@H]3O[C@H](COP(=O)(OCCC#N)OCCC#N)[C@@H](OC(=O)c4ccccc4)C(OC(=O)c4ccccc4)C3OC(=O)c3ccccc3)[C@@H]2OP(OCCC#N)N(C(C)C)C(C)C)(c2ccccc2)c2ccc(OC)cc2)cc1. The maximum absolute atomic E-state index is 14.2. The molecule has 0 spiro atoms. The van der Waals surface area contributed by atoms with Crippen molar-refractivity contribution in [2.45, 2.75) is 152 Å². The fourth-order valence-corrected chi connectivity index (χ4v) is 17.1. The second-order valence-electron chi connectivity index (χ2n) is 29.5. The van der Waals surface area contributed by atoms with Gasteiger partial charge in [-0.25, -0.2) is 38.6 Å². The van der Waals surface area contributed by atoms with Gasteiger partial charge in [0, 0.05) is 43.8 Å². The van der Waals surface area contributed by atoms with Gasteiger partial charge in [0.25, 0.3) is 14.4 Å². The zero-order valence-corrected chi connectivity index (χ0v) is 73.1. The number of nitriles is 3. The van der Waals surface area contributed by atoms with Crippen molar-refractivity contribution in [3.8, 4) is 29.7 Å². The van der Waals surface area contributed by atoms with Crippen LogP contribution in [-0.2, 0) is 84.9 Å². The molecule has 35 heteroatoms. The Morgan fingerprint density at radius 2 is 1.05 bits per heavy atom. The number of rotatable bonds is 51. The first-order valence-electron chi connectivity index (χ1n) is 41.7. The van der Waals surface area contributed by atoms with Gasteiger partial charge in [0.15, 0.2) is 47.8 Å². The van der Waals surface area contributed by atoms with Crippen LogP contribution in [0.5, 0.6) is 11.5 Å². The molecule has 0 bridgehead atoms. The molecule has 11 rings (SSSR count). The third kappa shape index (κ3) is 26.9. The van der Waals surface area contributed by atoms with Gasteiger partial charge < -0.3 is 76.5 Å². The van der Waals surface area contributed by atoms with Crippen molar-refractivity contribution in [3.63, 3.8) is 0 Å². The molecule has 670 valence electrons. The Bertz CT molecular complexity index is 5040. The monoisotopic (exact) mass is 1780 g/mol. The number of nitrogens with one attached hydrogen (secondary N) is 2. The van der Waals surface area contributed by atoms with Gasteiger partial charge >= 0.3 is 25.7 Å². The molecule has 2 amide bonds. The maximum atomic E-state index is 14.2. The number of amides is 2. The highest BCUT2D eigenvalue weighted by atomic mass is 31.2. The molecular weight excluding hydrogens is 1680 g/mol. The van der Waals surface area contributed by atoms with Crippen molar-refractivity contribution in [2.75, 3.05) is 92.3 Å². The largest absolute Gasteiger partial charge is 0.497 e. The topological polar surface area (TPSA) is 402 Å². The number of phosphoric ester groups is 1. The summed E-state index contributed by atoms with van der Waals surface area (Å²) in [5.41, 5.74) is 2.16. The first-order valence-corrected chi connectivity index (χ1v) is 44.3. The fourth-order valence-electron chi connectivity index (χ4n) is 14.1. The fraction of sp³-hybridized carbons (Fsp3) is 0.402. The summed E-state index contributed by atoms with van der Waals surface area (Å²) in [5.74, 6) is -1.96. The predicted molar refractivity (Wildman–Crippen MR) is 462 cm³/mol. The highest BCUT2D eigenvalue weighted by Gasteiger charge is 2.55. The molecule has 10 atom stereocenters. The summed E-state index contributed by atoms with van der Waals surface area (Å²) in [6.45, 7) is 6.82. The summed E-state index contributed by atoms with van der Waals surface area (Å²) in [6.07, 6.45) is -8.15. The number of methoxy groups -OCH3 is 2. The Balaban J connectivity index is 0.754. The van der Waals surface area contributed by atoms with E-state index in [0.717, 1.165) is 16.7 Å². The summed E-state index contributed by atoms with van der Waals surface area (Å²) in [7, 11) is -3.40. The lowest BCUT2D eigenvalue weighted by Crippen LogP contribution is -2.63. The van der Waals surface area contributed by atoms with E-state index in [1.807, 2.05) is 125 Å². The molecule has 4 heterocycles. The number of phosphoric acid groups is 1. The van der Waals surface area contributed by atoms with Crippen molar-refractivity contribution in [3.05, 3.63) is 252 Å². The Morgan fingerprint density at radius 3 is 1.61 bits per heavy atom. The molecule has 2 aliphatic rings. The smallest absolute Gasteiger partial charge is 0.474 e. The predicted octanol–water partition coefficient (Wildman–Crippen LogP) is 14.5. The average molecular weight is 1780 g/mol. The first-order chi connectivity index (χ1) is 61.9. The lowest BCUT2D eigenvalue weighted by atomic mass is 9.80. The maximum Gasteiger partial charge on any atom is 0.474 e. The van der Waals surface area contributed by atoms with Crippen LogP contribution >= 0.6 is 16.3 Å². The van der Waals surface area contributed by atoms with Crippen LogP contribution in [0.1, 0.15) is 143 Å². The zero-order chi connectivity index (χ0) is 89.8. The minimum absolute atomic E-state index is 0.0503. The Morgan fingerprint density at radius 1 is 0.528 bits per heavy atom. The normalized spacial score (nSPS) is 18.3. The average Bonchev–Trinajstić information content (AvgIpc) is 1.71. The van der Waals surface area contributed by atoms with Crippen LogP contribution in [0.25, 0.3) is 11.2 Å². The number of anilines is 1. The number of imidazole rings is 1. The van der Waals surface area contributed by atoms with Crippen LogP contribution in [0.3, 0.4) is 0 Å². The molecule has 5 unspecified atom stereocenters. The van der Waals surface area contributed by atoms with E-state index in [1.165, 1.54) is 49.1 Å². The minimum Gasteiger partial charge on any atom is -0.497 e. The van der Waals surface area contributed by atoms with Gasteiger partial charge in [-0.2, -0.15) is 15.8 Å². The van der Waals surface area contributed by atoms with Gasteiger partial charge in [0.2, 0.25) is 5.91 Å². The highest BCUT2D eigenvalue weighted by Crippen LogP contribution is 2.53. The molecule has 2 aromatic heterocycles. The van der Waals surface area contributed by atoms with Crippen LogP contribution in [-0.4, -0.2) is 202 Å². The van der Waals surface area contributed by atoms with Crippen LogP contribution in [0.15, 0.2) is 213 Å². The number of benzene rings is 7. The van der Waals surface area contributed by atoms with E-state index in [9.17, 15) is 44.3 Å². The van der Waals surface area contributed by atoms with Crippen molar-refractivity contribution in [1.82, 2.24) is 29.5 Å². The van der Waals surface area contributed by atoms with Gasteiger partial charge in [-0.1, -0.05) is 134 Å². The van der Waals surface area contributed by atoms with E-state index in [-0.39, 0.29) is 130 Å². The van der Waals surface area contributed by atoms with E-state index in [0.29, 0.717) is 42.7 Å². The number of esters is 3. The van der Waals surface area contributed by atoms with Crippen molar-refractivity contribution < 1.29 is 108 Å². The van der Waals surface area contributed by atoms with Gasteiger partial charge in [-0.3, -0.25) is 27.7 Å². The Kier molecular flexibility index (Phi) is 37.7. The third-order valence-electron chi connectivity index (χ3n) is 20.2. The highest BCUT2D eigenvalue weighted by molar-refractivity contribution is 7.48. The molecule has 2 fully saturated rings.